The fourth-order valence-electron chi connectivity index (χ4n) is 3.57. The van der Waals surface area contributed by atoms with E-state index in [1.165, 1.54) is 5.56 Å². The van der Waals surface area contributed by atoms with Crippen LogP contribution in [0, 0.1) is 0 Å². The molecule has 1 aliphatic heterocycles. The minimum atomic E-state index is -0.562. The molecule has 1 aromatic carbocycles. The van der Waals surface area contributed by atoms with Crippen molar-refractivity contribution in [3.05, 3.63) is 66.1 Å². The van der Waals surface area contributed by atoms with E-state index < -0.39 is 6.10 Å². The van der Waals surface area contributed by atoms with Crippen molar-refractivity contribution in [2.45, 2.75) is 38.5 Å². The lowest BCUT2D eigenvalue weighted by Crippen LogP contribution is -2.34. The molecule has 4 rings (SSSR count). The Morgan fingerprint density at radius 1 is 1.11 bits per heavy atom. The maximum absolute atomic E-state index is 9.61. The van der Waals surface area contributed by atoms with E-state index in [0.717, 1.165) is 43.7 Å². The number of piperidine rings is 1. The average Bonchev–Trinajstić information content (AvgIpc) is 3.20. The van der Waals surface area contributed by atoms with E-state index in [2.05, 4.69) is 44.5 Å². The molecule has 0 unspecified atom stereocenters. The lowest BCUT2D eigenvalue weighted by Gasteiger charge is -2.31. The van der Waals surface area contributed by atoms with Gasteiger partial charge in [-0.25, -0.2) is 4.68 Å². The molecule has 27 heavy (non-hydrogen) atoms. The summed E-state index contributed by atoms with van der Waals surface area (Å²) in [6.07, 6.45) is 5.24. The van der Waals surface area contributed by atoms with Gasteiger partial charge in [0, 0.05) is 31.4 Å². The Balaban J connectivity index is 1.32. The van der Waals surface area contributed by atoms with Crippen LogP contribution < -0.4 is 0 Å². The van der Waals surface area contributed by atoms with Crippen LogP contribution in [0.3, 0.4) is 0 Å². The van der Waals surface area contributed by atoms with Crippen LogP contribution in [0.5, 0.6) is 0 Å². The van der Waals surface area contributed by atoms with Gasteiger partial charge in [-0.05, 0) is 37.5 Å². The monoisotopic (exact) mass is 363 g/mol. The van der Waals surface area contributed by atoms with Crippen molar-refractivity contribution >= 4 is 0 Å². The van der Waals surface area contributed by atoms with Crippen molar-refractivity contribution in [1.82, 2.24) is 24.9 Å². The summed E-state index contributed by atoms with van der Waals surface area (Å²) in [4.78, 5) is 6.89. The quantitative estimate of drug-likeness (QED) is 0.754. The van der Waals surface area contributed by atoms with Crippen molar-refractivity contribution in [2.24, 2.45) is 0 Å². The second-order valence-electron chi connectivity index (χ2n) is 7.22. The Labute approximate surface area is 159 Å². The van der Waals surface area contributed by atoms with Crippen LogP contribution in [-0.2, 0) is 6.54 Å². The van der Waals surface area contributed by atoms with Crippen molar-refractivity contribution in [3.8, 4) is 11.3 Å². The Bertz CT molecular complexity index is 852. The molecule has 0 aliphatic carbocycles. The second kappa shape index (κ2) is 7.98. The zero-order chi connectivity index (χ0) is 18.6. The van der Waals surface area contributed by atoms with E-state index in [9.17, 15) is 5.11 Å². The first kappa shape index (κ1) is 17.8. The Morgan fingerprint density at radius 3 is 2.52 bits per heavy atom. The summed E-state index contributed by atoms with van der Waals surface area (Å²) in [6, 6.07) is 15.0. The first-order valence-corrected chi connectivity index (χ1v) is 9.51. The summed E-state index contributed by atoms with van der Waals surface area (Å²) in [7, 11) is 0. The third-order valence-electron chi connectivity index (χ3n) is 5.21. The van der Waals surface area contributed by atoms with Crippen molar-refractivity contribution in [3.63, 3.8) is 0 Å². The van der Waals surface area contributed by atoms with Crippen LogP contribution in [0.4, 0.5) is 0 Å². The Kier molecular flexibility index (Phi) is 5.27. The first-order valence-electron chi connectivity index (χ1n) is 9.51. The maximum atomic E-state index is 9.61. The van der Waals surface area contributed by atoms with Gasteiger partial charge in [-0.3, -0.25) is 9.88 Å². The number of aliphatic hydroxyl groups excluding tert-OH is 1. The van der Waals surface area contributed by atoms with Crippen molar-refractivity contribution in [2.75, 3.05) is 13.1 Å². The fourth-order valence-corrected chi connectivity index (χ4v) is 3.57. The van der Waals surface area contributed by atoms with Crippen molar-refractivity contribution < 1.29 is 5.11 Å². The van der Waals surface area contributed by atoms with Crippen LogP contribution in [0.15, 0.2) is 54.9 Å². The molecule has 6 nitrogen and oxygen atoms in total. The highest BCUT2D eigenvalue weighted by molar-refractivity contribution is 5.58. The SMILES string of the molecule is C[C@@H](O)c1cn(C2CCN(Cc3ccc(-c4ccccn4)cc3)CC2)nn1. The number of benzene rings is 1. The van der Waals surface area contributed by atoms with Crippen LogP contribution in [-0.4, -0.2) is 43.1 Å². The molecule has 1 N–H and O–H groups in total. The number of hydrogen-bond acceptors (Lipinski definition) is 5. The molecule has 3 heterocycles. The zero-order valence-electron chi connectivity index (χ0n) is 15.6. The highest BCUT2D eigenvalue weighted by Crippen LogP contribution is 2.24. The number of rotatable bonds is 5. The van der Waals surface area contributed by atoms with Gasteiger partial charge >= 0.3 is 0 Å². The molecule has 3 aromatic rings. The van der Waals surface area contributed by atoms with Gasteiger partial charge in [0.05, 0.1) is 24.0 Å². The minimum absolute atomic E-state index is 0.368. The lowest BCUT2D eigenvalue weighted by molar-refractivity contribution is 0.172. The van der Waals surface area contributed by atoms with E-state index in [1.54, 1.807) is 6.92 Å². The molecular weight excluding hydrogens is 338 g/mol. The molecule has 0 amide bonds. The maximum Gasteiger partial charge on any atom is 0.111 e. The molecule has 0 radical (unpaired) electrons. The van der Waals surface area contributed by atoms with Gasteiger partial charge < -0.3 is 5.11 Å². The second-order valence-corrected chi connectivity index (χ2v) is 7.22. The van der Waals surface area contributed by atoms with Crippen LogP contribution in [0.2, 0.25) is 0 Å². The van der Waals surface area contributed by atoms with Crippen molar-refractivity contribution in [1.29, 1.82) is 0 Å². The molecule has 0 saturated carbocycles. The van der Waals surface area contributed by atoms with Crippen LogP contribution >= 0.6 is 0 Å². The third-order valence-corrected chi connectivity index (χ3v) is 5.21. The number of likely N-dealkylation sites (tertiary alicyclic amines) is 1. The largest absolute Gasteiger partial charge is 0.387 e. The van der Waals surface area contributed by atoms with E-state index in [4.69, 9.17) is 0 Å². The molecule has 0 bridgehead atoms. The van der Waals surface area contributed by atoms with Gasteiger partial charge in [0.2, 0.25) is 0 Å². The highest BCUT2D eigenvalue weighted by atomic mass is 16.3. The third kappa shape index (κ3) is 4.23. The van der Waals surface area contributed by atoms with Gasteiger partial charge in [0.1, 0.15) is 5.69 Å². The predicted octanol–water partition coefficient (Wildman–Crippen LogP) is 3.23. The van der Waals surface area contributed by atoms with E-state index in [1.807, 2.05) is 35.3 Å². The number of pyridine rings is 1. The summed E-state index contributed by atoms with van der Waals surface area (Å²) in [5.74, 6) is 0. The molecule has 0 spiro atoms. The van der Waals surface area contributed by atoms with Gasteiger partial charge in [0.15, 0.2) is 0 Å². The first-order chi connectivity index (χ1) is 13.2. The fraction of sp³-hybridized carbons (Fsp3) is 0.381. The number of aromatic nitrogens is 4. The Hall–Kier alpha value is -2.57. The number of nitrogens with zero attached hydrogens (tertiary/aromatic N) is 5. The van der Waals surface area contributed by atoms with Gasteiger partial charge in [-0.1, -0.05) is 35.5 Å². The predicted molar refractivity (Wildman–Crippen MR) is 104 cm³/mol. The summed E-state index contributed by atoms with van der Waals surface area (Å²) in [5.41, 5.74) is 4.13. The van der Waals surface area contributed by atoms with Crippen LogP contribution in [0.1, 0.15) is 43.2 Å². The summed E-state index contributed by atoms with van der Waals surface area (Å²) < 4.78 is 1.92. The average molecular weight is 363 g/mol. The summed E-state index contributed by atoms with van der Waals surface area (Å²) in [5, 5.41) is 17.9. The summed E-state index contributed by atoms with van der Waals surface area (Å²) >= 11 is 0. The molecule has 1 fully saturated rings. The molecule has 140 valence electrons. The highest BCUT2D eigenvalue weighted by Gasteiger charge is 2.22. The normalized spacial score (nSPS) is 17.1. The van der Waals surface area contributed by atoms with E-state index >= 15 is 0 Å². The van der Waals surface area contributed by atoms with Gasteiger partial charge in [-0.2, -0.15) is 0 Å². The molecule has 6 heteroatoms. The molecular formula is C21H25N5O. The standard InChI is InChI=1S/C21H25N5O/c1-16(27)21-15-26(24-23-21)19-9-12-25(13-10-19)14-17-5-7-18(8-6-17)20-4-2-3-11-22-20/h2-8,11,15-16,19,27H,9-10,12-14H2,1H3/t16-/m1/s1. The summed E-state index contributed by atoms with van der Waals surface area (Å²) in [6.45, 7) is 4.76. The molecule has 1 saturated heterocycles. The topological polar surface area (TPSA) is 67.1 Å². The lowest BCUT2D eigenvalue weighted by atomic mass is 10.0. The zero-order valence-corrected chi connectivity index (χ0v) is 15.6. The van der Waals surface area contributed by atoms with E-state index in [-0.39, 0.29) is 0 Å². The van der Waals surface area contributed by atoms with Gasteiger partial charge in [-0.15, -0.1) is 5.10 Å². The smallest absolute Gasteiger partial charge is 0.111 e. The minimum Gasteiger partial charge on any atom is -0.387 e. The van der Waals surface area contributed by atoms with Crippen LogP contribution in [0.25, 0.3) is 11.3 Å². The number of aliphatic hydroxyl groups is 1. The number of hydrogen-bond donors (Lipinski definition) is 1. The van der Waals surface area contributed by atoms with Gasteiger partial charge in [0.25, 0.3) is 0 Å². The van der Waals surface area contributed by atoms with E-state index in [0.29, 0.717) is 11.7 Å². The molecule has 1 atom stereocenters. The molecule has 1 aliphatic rings. The Morgan fingerprint density at radius 2 is 1.89 bits per heavy atom. The molecule has 2 aromatic heterocycles.